The summed E-state index contributed by atoms with van der Waals surface area (Å²) in [7, 11) is 0. The molecule has 0 radical (unpaired) electrons. The van der Waals surface area contributed by atoms with E-state index in [1.54, 1.807) is 6.92 Å². The van der Waals surface area contributed by atoms with Crippen molar-refractivity contribution >= 4 is 5.69 Å². The van der Waals surface area contributed by atoms with Gasteiger partial charge in [0, 0.05) is 24.7 Å². The minimum absolute atomic E-state index is 0.100. The molecule has 98 valence electrons. The van der Waals surface area contributed by atoms with Crippen molar-refractivity contribution < 1.29 is 10.2 Å². The SMILES string of the molecule is C[C@H](O)c1ccc(N2CC3CCC(O)C3C2)cc1. The molecule has 3 rings (SSSR count). The minimum atomic E-state index is -0.404. The lowest BCUT2D eigenvalue weighted by Crippen LogP contribution is -2.24. The third-order valence-corrected chi connectivity index (χ3v) is 4.56. The molecule has 4 atom stereocenters. The van der Waals surface area contributed by atoms with Gasteiger partial charge in [-0.1, -0.05) is 12.1 Å². The molecule has 1 saturated carbocycles. The van der Waals surface area contributed by atoms with Crippen LogP contribution < -0.4 is 4.90 Å². The quantitative estimate of drug-likeness (QED) is 0.839. The summed E-state index contributed by atoms with van der Waals surface area (Å²) in [5.41, 5.74) is 2.17. The molecule has 0 spiro atoms. The number of hydrogen-bond donors (Lipinski definition) is 2. The van der Waals surface area contributed by atoms with Crippen LogP contribution in [0.4, 0.5) is 5.69 Å². The maximum atomic E-state index is 9.92. The van der Waals surface area contributed by atoms with Crippen LogP contribution >= 0.6 is 0 Å². The maximum absolute atomic E-state index is 9.92. The van der Waals surface area contributed by atoms with E-state index < -0.39 is 6.10 Å². The minimum Gasteiger partial charge on any atom is -0.393 e. The zero-order valence-corrected chi connectivity index (χ0v) is 10.8. The molecule has 0 bridgehead atoms. The van der Waals surface area contributed by atoms with Crippen molar-refractivity contribution in [3.8, 4) is 0 Å². The monoisotopic (exact) mass is 247 g/mol. The van der Waals surface area contributed by atoms with E-state index in [1.165, 1.54) is 5.69 Å². The molecule has 2 N–H and O–H groups in total. The smallest absolute Gasteiger partial charge is 0.0761 e. The normalized spacial score (nSPS) is 32.6. The lowest BCUT2D eigenvalue weighted by Gasteiger charge is -2.21. The highest BCUT2D eigenvalue weighted by atomic mass is 16.3. The van der Waals surface area contributed by atoms with Gasteiger partial charge in [0.05, 0.1) is 12.2 Å². The lowest BCUT2D eigenvalue weighted by atomic mass is 10.00. The summed E-state index contributed by atoms with van der Waals surface area (Å²) < 4.78 is 0. The summed E-state index contributed by atoms with van der Waals surface area (Å²) in [5.74, 6) is 1.12. The first-order chi connectivity index (χ1) is 8.65. The molecule has 3 unspecified atom stereocenters. The molecule has 2 aliphatic rings. The molecule has 18 heavy (non-hydrogen) atoms. The summed E-state index contributed by atoms with van der Waals surface area (Å²) in [6, 6.07) is 8.14. The van der Waals surface area contributed by atoms with E-state index in [2.05, 4.69) is 17.0 Å². The maximum Gasteiger partial charge on any atom is 0.0761 e. The Bertz CT molecular complexity index is 415. The molecule has 0 amide bonds. The molecule has 1 aliphatic heterocycles. The highest BCUT2D eigenvalue weighted by Gasteiger charge is 2.41. The number of fused-ring (bicyclic) bond motifs is 1. The molecule has 1 aromatic carbocycles. The first kappa shape index (κ1) is 12.0. The molecule has 1 aliphatic carbocycles. The first-order valence-electron chi connectivity index (χ1n) is 6.86. The molecule has 1 aromatic rings. The molecular formula is C15H21NO2. The predicted molar refractivity (Wildman–Crippen MR) is 71.5 cm³/mol. The van der Waals surface area contributed by atoms with Crippen LogP contribution in [0.3, 0.4) is 0 Å². The van der Waals surface area contributed by atoms with Crippen molar-refractivity contribution in [2.24, 2.45) is 11.8 Å². The standard InChI is InChI=1S/C15H21NO2/c1-10(17)11-2-5-13(6-3-11)16-8-12-4-7-15(18)14(12)9-16/h2-3,5-6,10,12,14-15,17-18H,4,7-9H2,1H3/t10-,12?,14?,15?/m0/s1. The molecule has 1 heterocycles. The summed E-state index contributed by atoms with van der Waals surface area (Å²) in [6.07, 6.45) is 1.63. The fourth-order valence-corrected chi connectivity index (χ4v) is 3.41. The van der Waals surface area contributed by atoms with E-state index in [4.69, 9.17) is 0 Å². The van der Waals surface area contributed by atoms with Crippen LogP contribution in [-0.2, 0) is 0 Å². The molecule has 1 saturated heterocycles. The van der Waals surface area contributed by atoms with Gasteiger partial charge in [-0.05, 0) is 43.4 Å². The van der Waals surface area contributed by atoms with Crippen LogP contribution in [0, 0.1) is 11.8 Å². The topological polar surface area (TPSA) is 43.7 Å². The summed E-state index contributed by atoms with van der Waals surface area (Å²) in [4.78, 5) is 2.36. The second-order valence-corrected chi connectivity index (χ2v) is 5.74. The van der Waals surface area contributed by atoms with Gasteiger partial charge in [-0.2, -0.15) is 0 Å². The molecular weight excluding hydrogens is 226 g/mol. The van der Waals surface area contributed by atoms with Crippen LogP contribution in [0.15, 0.2) is 24.3 Å². The molecule has 2 fully saturated rings. The van der Waals surface area contributed by atoms with Crippen molar-refractivity contribution in [3.05, 3.63) is 29.8 Å². The average Bonchev–Trinajstić information content (AvgIpc) is 2.92. The number of anilines is 1. The van der Waals surface area contributed by atoms with Crippen LogP contribution in [0.2, 0.25) is 0 Å². The van der Waals surface area contributed by atoms with Gasteiger partial charge in [-0.3, -0.25) is 0 Å². The summed E-state index contributed by atoms with van der Waals surface area (Å²) in [5, 5.41) is 19.4. The van der Waals surface area contributed by atoms with E-state index in [0.717, 1.165) is 31.5 Å². The van der Waals surface area contributed by atoms with Crippen LogP contribution in [-0.4, -0.2) is 29.4 Å². The zero-order valence-electron chi connectivity index (χ0n) is 10.8. The van der Waals surface area contributed by atoms with Crippen LogP contribution in [0.25, 0.3) is 0 Å². The third-order valence-electron chi connectivity index (χ3n) is 4.56. The van der Waals surface area contributed by atoms with Crippen LogP contribution in [0.5, 0.6) is 0 Å². The number of nitrogens with zero attached hydrogens (tertiary/aromatic N) is 1. The van der Waals surface area contributed by atoms with Gasteiger partial charge >= 0.3 is 0 Å². The number of benzene rings is 1. The Morgan fingerprint density at radius 3 is 2.50 bits per heavy atom. The second kappa shape index (κ2) is 4.56. The lowest BCUT2D eigenvalue weighted by molar-refractivity contribution is 0.133. The van der Waals surface area contributed by atoms with Crippen molar-refractivity contribution in [3.63, 3.8) is 0 Å². The fraction of sp³-hybridized carbons (Fsp3) is 0.600. The molecule has 3 heteroatoms. The van der Waals surface area contributed by atoms with Gasteiger partial charge in [0.2, 0.25) is 0 Å². The third kappa shape index (κ3) is 2.02. The number of aliphatic hydroxyl groups is 2. The van der Waals surface area contributed by atoms with Gasteiger partial charge < -0.3 is 15.1 Å². The van der Waals surface area contributed by atoms with Gasteiger partial charge in [-0.25, -0.2) is 0 Å². The van der Waals surface area contributed by atoms with E-state index >= 15 is 0 Å². The Balaban J connectivity index is 1.73. The van der Waals surface area contributed by atoms with Gasteiger partial charge in [0.1, 0.15) is 0 Å². The van der Waals surface area contributed by atoms with Gasteiger partial charge in [0.25, 0.3) is 0 Å². The predicted octanol–water partition coefficient (Wildman–Crippen LogP) is 1.95. The number of hydrogen-bond acceptors (Lipinski definition) is 3. The highest BCUT2D eigenvalue weighted by Crippen LogP contribution is 2.39. The Kier molecular flexibility index (Phi) is 3.04. The van der Waals surface area contributed by atoms with E-state index in [0.29, 0.717) is 11.8 Å². The number of rotatable bonds is 2. The van der Waals surface area contributed by atoms with Gasteiger partial charge in [-0.15, -0.1) is 0 Å². The molecule has 3 nitrogen and oxygen atoms in total. The zero-order chi connectivity index (χ0) is 12.7. The van der Waals surface area contributed by atoms with Crippen molar-refractivity contribution in [1.29, 1.82) is 0 Å². The Hall–Kier alpha value is -1.06. The van der Waals surface area contributed by atoms with Crippen molar-refractivity contribution in [2.75, 3.05) is 18.0 Å². The number of aliphatic hydroxyl groups excluding tert-OH is 2. The van der Waals surface area contributed by atoms with Crippen molar-refractivity contribution in [1.82, 2.24) is 0 Å². The molecule has 0 aromatic heterocycles. The Morgan fingerprint density at radius 2 is 1.89 bits per heavy atom. The Morgan fingerprint density at radius 1 is 1.17 bits per heavy atom. The van der Waals surface area contributed by atoms with Gasteiger partial charge in [0.15, 0.2) is 0 Å². The fourth-order valence-electron chi connectivity index (χ4n) is 3.41. The van der Waals surface area contributed by atoms with E-state index in [-0.39, 0.29) is 6.10 Å². The summed E-state index contributed by atoms with van der Waals surface area (Å²) in [6.45, 7) is 3.82. The summed E-state index contributed by atoms with van der Waals surface area (Å²) >= 11 is 0. The van der Waals surface area contributed by atoms with E-state index in [9.17, 15) is 10.2 Å². The average molecular weight is 247 g/mol. The van der Waals surface area contributed by atoms with E-state index in [1.807, 2.05) is 12.1 Å². The second-order valence-electron chi connectivity index (χ2n) is 5.74. The first-order valence-corrected chi connectivity index (χ1v) is 6.86. The van der Waals surface area contributed by atoms with Crippen LogP contribution in [0.1, 0.15) is 31.4 Å². The highest BCUT2D eigenvalue weighted by molar-refractivity contribution is 5.49. The largest absolute Gasteiger partial charge is 0.393 e. The Labute approximate surface area is 108 Å². The van der Waals surface area contributed by atoms with Crippen molar-refractivity contribution in [2.45, 2.75) is 32.0 Å².